The molecule has 20 heavy (non-hydrogen) atoms. The lowest BCUT2D eigenvalue weighted by Crippen LogP contribution is -2.40. The summed E-state index contributed by atoms with van der Waals surface area (Å²) >= 11 is 0. The molecule has 0 radical (unpaired) electrons. The van der Waals surface area contributed by atoms with Gasteiger partial charge in [0.15, 0.2) is 0 Å². The molecule has 2 atom stereocenters. The molecule has 110 valence electrons. The van der Waals surface area contributed by atoms with E-state index in [4.69, 9.17) is 20.0 Å². The summed E-state index contributed by atoms with van der Waals surface area (Å²) in [7, 11) is 3.21. The van der Waals surface area contributed by atoms with Crippen molar-refractivity contribution in [2.45, 2.75) is 19.3 Å². The van der Waals surface area contributed by atoms with Crippen molar-refractivity contribution in [3.63, 3.8) is 0 Å². The molecule has 3 aliphatic rings. The minimum Gasteiger partial charge on any atom is -0.496 e. The molecular formula is C14H20N2O4. The summed E-state index contributed by atoms with van der Waals surface area (Å²) in [6.45, 7) is 1.23. The van der Waals surface area contributed by atoms with E-state index in [9.17, 15) is 4.79 Å². The Hall–Kier alpha value is -1.69. The van der Waals surface area contributed by atoms with Crippen molar-refractivity contribution in [1.82, 2.24) is 5.06 Å². The Morgan fingerprint density at radius 1 is 1.45 bits per heavy atom. The van der Waals surface area contributed by atoms with Crippen LogP contribution in [0.3, 0.4) is 0 Å². The van der Waals surface area contributed by atoms with Crippen LogP contribution in [-0.2, 0) is 19.1 Å². The first kappa shape index (κ1) is 13.3. The molecular weight excluding hydrogens is 260 g/mol. The van der Waals surface area contributed by atoms with Crippen LogP contribution in [0.2, 0.25) is 0 Å². The third kappa shape index (κ3) is 1.95. The highest BCUT2D eigenvalue weighted by atomic mass is 16.7. The van der Waals surface area contributed by atoms with Crippen LogP contribution in [0.5, 0.6) is 0 Å². The van der Waals surface area contributed by atoms with Crippen LogP contribution in [0.4, 0.5) is 0 Å². The number of hydroxylamine groups is 2. The largest absolute Gasteiger partial charge is 0.496 e. The third-order valence-electron chi connectivity index (χ3n) is 4.38. The number of hydrogen-bond acceptors (Lipinski definition) is 5. The number of methoxy groups -OCH3 is 1. The Balaban J connectivity index is 2.06. The Morgan fingerprint density at radius 3 is 2.90 bits per heavy atom. The van der Waals surface area contributed by atoms with Crippen molar-refractivity contribution >= 4 is 5.91 Å². The lowest BCUT2D eigenvalue weighted by atomic mass is 9.71. The second-order valence-electron chi connectivity index (χ2n) is 5.42. The maximum absolute atomic E-state index is 11.6. The second kappa shape index (κ2) is 5.01. The summed E-state index contributed by atoms with van der Waals surface area (Å²) in [4.78, 5) is 17.0. The summed E-state index contributed by atoms with van der Waals surface area (Å²) < 4.78 is 11.3. The second-order valence-corrected chi connectivity index (χ2v) is 5.42. The van der Waals surface area contributed by atoms with E-state index in [1.54, 1.807) is 19.3 Å². The summed E-state index contributed by atoms with van der Waals surface area (Å²) in [6, 6.07) is 0. The van der Waals surface area contributed by atoms with Gasteiger partial charge in [-0.3, -0.25) is 9.63 Å². The van der Waals surface area contributed by atoms with E-state index in [0.717, 1.165) is 24.2 Å². The molecule has 0 aromatic carbocycles. The molecule has 6 heteroatoms. The van der Waals surface area contributed by atoms with Crippen LogP contribution in [-0.4, -0.2) is 38.3 Å². The Kier molecular flexibility index (Phi) is 3.33. The molecule has 0 saturated heterocycles. The minimum atomic E-state index is -0.241. The van der Waals surface area contributed by atoms with Crippen LogP contribution in [0.25, 0.3) is 0 Å². The van der Waals surface area contributed by atoms with E-state index in [1.165, 1.54) is 5.57 Å². The van der Waals surface area contributed by atoms with Crippen LogP contribution in [0.1, 0.15) is 19.3 Å². The smallest absolute Gasteiger partial charge is 0.220 e. The predicted octanol–water partition coefficient (Wildman–Crippen LogP) is 0.907. The Morgan fingerprint density at radius 2 is 2.25 bits per heavy atom. The molecule has 2 aliphatic heterocycles. The van der Waals surface area contributed by atoms with Gasteiger partial charge in [-0.15, -0.1) is 0 Å². The van der Waals surface area contributed by atoms with Crippen molar-refractivity contribution in [3.05, 3.63) is 22.8 Å². The zero-order valence-corrected chi connectivity index (χ0v) is 11.8. The fourth-order valence-corrected chi connectivity index (χ4v) is 3.48. The highest BCUT2D eigenvalue weighted by molar-refractivity contribution is 5.78. The number of primary amides is 1. The van der Waals surface area contributed by atoms with Crippen LogP contribution in [0, 0.1) is 11.8 Å². The zero-order chi connectivity index (χ0) is 14.3. The van der Waals surface area contributed by atoms with Crippen molar-refractivity contribution < 1.29 is 19.1 Å². The zero-order valence-electron chi connectivity index (χ0n) is 11.8. The molecule has 0 spiro atoms. The van der Waals surface area contributed by atoms with Gasteiger partial charge in [-0.1, -0.05) is 0 Å². The topological polar surface area (TPSA) is 74.0 Å². The van der Waals surface area contributed by atoms with Gasteiger partial charge < -0.3 is 15.2 Å². The molecule has 1 saturated carbocycles. The predicted molar refractivity (Wildman–Crippen MR) is 70.8 cm³/mol. The Bertz CT molecular complexity index is 497. The fraction of sp³-hybridized carbons (Fsp3) is 0.643. The van der Waals surface area contributed by atoms with Gasteiger partial charge in [0.25, 0.3) is 0 Å². The molecule has 2 N–H and O–H groups in total. The highest BCUT2D eigenvalue weighted by Crippen LogP contribution is 2.47. The molecule has 1 aliphatic carbocycles. The molecule has 0 aromatic heterocycles. The molecule has 1 amide bonds. The lowest BCUT2D eigenvalue weighted by molar-refractivity contribution is -0.143. The summed E-state index contributed by atoms with van der Waals surface area (Å²) in [5.41, 5.74) is 7.74. The summed E-state index contributed by atoms with van der Waals surface area (Å²) in [5.74, 6) is 1.58. The van der Waals surface area contributed by atoms with Gasteiger partial charge in [-0.05, 0) is 25.2 Å². The third-order valence-corrected chi connectivity index (χ3v) is 4.38. The van der Waals surface area contributed by atoms with E-state index >= 15 is 0 Å². The first-order valence-corrected chi connectivity index (χ1v) is 6.90. The molecule has 3 rings (SSSR count). The first-order valence-electron chi connectivity index (χ1n) is 6.90. The van der Waals surface area contributed by atoms with Crippen LogP contribution in [0.15, 0.2) is 22.8 Å². The maximum Gasteiger partial charge on any atom is 0.220 e. The quantitative estimate of drug-likeness (QED) is 0.831. The van der Waals surface area contributed by atoms with Crippen molar-refractivity contribution in [2.24, 2.45) is 17.6 Å². The number of allylic oxidation sites excluding steroid dienone is 2. The standard InChI is InChI=1S/C14H20N2O4/c1-18-14-10-6-9(13(15)17)5-8-3-4-20-11(12(8)10)7-16(14)19-2/h8-9H,3-7H2,1-2H3,(H2,15,17). The van der Waals surface area contributed by atoms with Gasteiger partial charge in [0.1, 0.15) is 12.3 Å². The van der Waals surface area contributed by atoms with Crippen LogP contribution < -0.4 is 5.73 Å². The maximum atomic E-state index is 11.6. The number of rotatable bonds is 3. The first-order chi connectivity index (χ1) is 9.65. The monoisotopic (exact) mass is 280 g/mol. The number of carbonyl (C=O) groups is 1. The van der Waals surface area contributed by atoms with E-state index in [1.807, 2.05) is 0 Å². The average molecular weight is 280 g/mol. The van der Waals surface area contributed by atoms with Gasteiger partial charge >= 0.3 is 0 Å². The molecule has 2 unspecified atom stereocenters. The Labute approximate surface area is 118 Å². The number of hydrogen-bond donors (Lipinski definition) is 1. The molecule has 0 bridgehead atoms. The summed E-state index contributed by atoms with van der Waals surface area (Å²) in [5, 5.41) is 1.67. The molecule has 2 heterocycles. The fourth-order valence-electron chi connectivity index (χ4n) is 3.48. The number of nitrogens with two attached hydrogens (primary N) is 1. The van der Waals surface area contributed by atoms with E-state index in [-0.39, 0.29) is 11.8 Å². The molecule has 6 nitrogen and oxygen atoms in total. The minimum absolute atomic E-state index is 0.139. The van der Waals surface area contributed by atoms with Crippen molar-refractivity contribution in [2.75, 3.05) is 27.4 Å². The lowest BCUT2D eigenvalue weighted by Gasteiger charge is -2.42. The average Bonchev–Trinajstić information content (AvgIpc) is 2.46. The normalized spacial score (nSPS) is 29.0. The van der Waals surface area contributed by atoms with Gasteiger partial charge in [0.2, 0.25) is 11.8 Å². The highest BCUT2D eigenvalue weighted by Gasteiger charge is 2.42. The van der Waals surface area contributed by atoms with E-state index in [2.05, 4.69) is 0 Å². The van der Waals surface area contributed by atoms with Gasteiger partial charge in [0.05, 0.1) is 20.8 Å². The van der Waals surface area contributed by atoms with Gasteiger partial charge in [-0.25, -0.2) is 5.06 Å². The van der Waals surface area contributed by atoms with Gasteiger partial charge in [-0.2, -0.15) is 0 Å². The van der Waals surface area contributed by atoms with Crippen molar-refractivity contribution in [3.8, 4) is 0 Å². The number of ether oxygens (including phenoxy) is 2. The van der Waals surface area contributed by atoms with Crippen molar-refractivity contribution in [1.29, 1.82) is 0 Å². The van der Waals surface area contributed by atoms with Crippen LogP contribution >= 0.6 is 0 Å². The van der Waals surface area contributed by atoms with Gasteiger partial charge in [0, 0.05) is 17.1 Å². The number of nitrogens with zero attached hydrogens (tertiary/aromatic N) is 1. The number of amides is 1. The number of carbonyl (C=O) groups excluding carboxylic acids is 1. The van der Waals surface area contributed by atoms with E-state index in [0.29, 0.717) is 31.4 Å². The summed E-state index contributed by atoms with van der Waals surface area (Å²) in [6.07, 6.45) is 2.33. The molecule has 0 aromatic rings. The SMILES string of the molecule is COC1=C2CC(C(N)=O)CC3CCOC(=C23)CN1OC. The molecule has 1 fully saturated rings. The van der Waals surface area contributed by atoms with E-state index < -0.39 is 0 Å².